The molecule has 0 bridgehead atoms. The van der Waals surface area contributed by atoms with Gasteiger partial charge in [-0.25, -0.2) is 4.98 Å². The first kappa shape index (κ1) is 20.5. The van der Waals surface area contributed by atoms with Gasteiger partial charge in [0.05, 0.1) is 6.04 Å². The zero-order chi connectivity index (χ0) is 21.3. The number of nitrogens with zero attached hydrogens (tertiary/aromatic N) is 3. The van der Waals surface area contributed by atoms with Gasteiger partial charge in [0.2, 0.25) is 0 Å². The number of hydrogen-bond donors (Lipinski definition) is 2. The number of pyridine rings is 1. The zero-order valence-corrected chi connectivity index (χ0v) is 17.6. The summed E-state index contributed by atoms with van der Waals surface area (Å²) in [5.41, 5.74) is 2.00. The fourth-order valence-corrected chi connectivity index (χ4v) is 3.95. The van der Waals surface area contributed by atoms with Gasteiger partial charge in [-0.3, -0.25) is 9.69 Å². The number of benzene rings is 1. The summed E-state index contributed by atoms with van der Waals surface area (Å²) in [4.78, 5) is 25.2. The number of hydrogen-bond acceptors (Lipinski definition) is 6. The Kier molecular flexibility index (Phi) is 5.58. The van der Waals surface area contributed by atoms with E-state index in [1.54, 1.807) is 32.2 Å². The van der Waals surface area contributed by atoms with Crippen LogP contribution in [0.4, 0.5) is 5.82 Å². The number of aliphatic hydroxyl groups is 1. The molecular formula is C23H28N4O3. The van der Waals surface area contributed by atoms with E-state index in [1.165, 1.54) is 0 Å². The number of nitrogens with one attached hydrogen (secondary N) is 1. The van der Waals surface area contributed by atoms with E-state index in [2.05, 4.69) is 15.5 Å². The van der Waals surface area contributed by atoms with E-state index in [9.17, 15) is 9.90 Å². The molecule has 0 saturated carbocycles. The summed E-state index contributed by atoms with van der Waals surface area (Å²) in [6.45, 7) is 7.27. The SMILES string of the molecule is Cc1cccnc1N(C(=O)c1ccc(C2=NOC(C)(C)C2O)cc1)C1CCCNC1. The van der Waals surface area contributed by atoms with Crippen molar-refractivity contribution in [3.63, 3.8) is 0 Å². The molecule has 30 heavy (non-hydrogen) atoms. The smallest absolute Gasteiger partial charge is 0.259 e. The number of piperidine rings is 1. The molecule has 1 aromatic carbocycles. The summed E-state index contributed by atoms with van der Waals surface area (Å²) in [5.74, 6) is 0.619. The quantitative estimate of drug-likeness (QED) is 0.812. The van der Waals surface area contributed by atoms with Gasteiger partial charge in [0.1, 0.15) is 17.6 Å². The molecule has 2 atom stereocenters. The summed E-state index contributed by atoms with van der Waals surface area (Å²) < 4.78 is 0. The summed E-state index contributed by atoms with van der Waals surface area (Å²) in [7, 11) is 0. The lowest BCUT2D eigenvalue weighted by molar-refractivity contribution is -0.0476. The maximum absolute atomic E-state index is 13.6. The number of amides is 1. The Labute approximate surface area is 176 Å². The van der Waals surface area contributed by atoms with E-state index in [0.717, 1.165) is 37.1 Å². The van der Waals surface area contributed by atoms with Crippen molar-refractivity contribution in [1.82, 2.24) is 10.3 Å². The number of aromatic nitrogens is 1. The lowest BCUT2D eigenvalue weighted by atomic mass is 9.93. The van der Waals surface area contributed by atoms with E-state index >= 15 is 0 Å². The largest absolute Gasteiger partial charge is 0.386 e. The van der Waals surface area contributed by atoms with Gasteiger partial charge in [-0.1, -0.05) is 23.4 Å². The summed E-state index contributed by atoms with van der Waals surface area (Å²) in [6.07, 6.45) is 2.86. The minimum Gasteiger partial charge on any atom is -0.386 e. The molecule has 7 heteroatoms. The first-order valence-corrected chi connectivity index (χ1v) is 10.4. The van der Waals surface area contributed by atoms with Gasteiger partial charge in [-0.15, -0.1) is 0 Å². The van der Waals surface area contributed by atoms with Crippen molar-refractivity contribution >= 4 is 17.4 Å². The Balaban J connectivity index is 1.63. The van der Waals surface area contributed by atoms with E-state index in [-0.39, 0.29) is 11.9 Å². The second-order valence-corrected chi connectivity index (χ2v) is 8.47. The first-order valence-electron chi connectivity index (χ1n) is 10.4. The topological polar surface area (TPSA) is 87.1 Å². The van der Waals surface area contributed by atoms with Crippen LogP contribution < -0.4 is 10.2 Å². The first-order chi connectivity index (χ1) is 14.4. The molecule has 0 spiro atoms. The van der Waals surface area contributed by atoms with Crippen molar-refractivity contribution < 1.29 is 14.7 Å². The average molecular weight is 409 g/mol. The van der Waals surface area contributed by atoms with Crippen LogP contribution >= 0.6 is 0 Å². The highest BCUT2D eigenvalue weighted by Gasteiger charge is 2.40. The van der Waals surface area contributed by atoms with Crippen LogP contribution in [0.15, 0.2) is 47.8 Å². The van der Waals surface area contributed by atoms with Gasteiger partial charge in [0, 0.05) is 23.9 Å². The number of aliphatic hydroxyl groups excluding tert-OH is 1. The van der Waals surface area contributed by atoms with E-state index in [4.69, 9.17) is 4.84 Å². The van der Waals surface area contributed by atoms with Crippen LogP contribution in [0.3, 0.4) is 0 Å². The lowest BCUT2D eigenvalue weighted by Crippen LogP contribution is -2.49. The van der Waals surface area contributed by atoms with Gasteiger partial charge in [-0.2, -0.15) is 0 Å². The number of anilines is 1. The van der Waals surface area contributed by atoms with Gasteiger partial charge in [-0.05, 0) is 63.9 Å². The maximum atomic E-state index is 13.6. The van der Waals surface area contributed by atoms with Gasteiger partial charge in [0.25, 0.3) is 5.91 Å². The Morgan fingerprint density at radius 3 is 2.63 bits per heavy atom. The van der Waals surface area contributed by atoms with E-state index < -0.39 is 11.7 Å². The maximum Gasteiger partial charge on any atom is 0.259 e. The Morgan fingerprint density at radius 2 is 2.03 bits per heavy atom. The molecule has 0 aliphatic carbocycles. The van der Waals surface area contributed by atoms with Crippen LogP contribution in [0.25, 0.3) is 0 Å². The molecular weight excluding hydrogens is 380 g/mol. The van der Waals surface area contributed by atoms with Crippen molar-refractivity contribution in [2.75, 3.05) is 18.0 Å². The fourth-order valence-electron chi connectivity index (χ4n) is 3.95. The van der Waals surface area contributed by atoms with E-state index in [1.807, 2.05) is 36.1 Å². The minimum atomic E-state index is -0.819. The predicted molar refractivity (Wildman–Crippen MR) is 116 cm³/mol. The molecule has 0 radical (unpaired) electrons. The number of oxime groups is 1. The number of aryl methyl sites for hydroxylation is 1. The van der Waals surface area contributed by atoms with Gasteiger partial charge in [0.15, 0.2) is 5.60 Å². The molecule has 2 aromatic rings. The average Bonchev–Trinajstić information content (AvgIpc) is 3.03. The lowest BCUT2D eigenvalue weighted by Gasteiger charge is -2.34. The summed E-state index contributed by atoms with van der Waals surface area (Å²) in [5, 5.41) is 17.9. The third-order valence-corrected chi connectivity index (χ3v) is 5.79. The third-order valence-electron chi connectivity index (χ3n) is 5.79. The Bertz CT molecular complexity index is 949. The molecule has 158 valence electrons. The summed E-state index contributed by atoms with van der Waals surface area (Å²) in [6, 6.07) is 11.1. The molecule has 2 unspecified atom stereocenters. The highest BCUT2D eigenvalue weighted by Crippen LogP contribution is 2.28. The Morgan fingerprint density at radius 1 is 1.27 bits per heavy atom. The van der Waals surface area contributed by atoms with Crippen molar-refractivity contribution in [3.05, 3.63) is 59.3 Å². The van der Waals surface area contributed by atoms with E-state index in [0.29, 0.717) is 17.1 Å². The van der Waals surface area contributed by atoms with Crippen molar-refractivity contribution in [3.8, 4) is 0 Å². The molecule has 7 nitrogen and oxygen atoms in total. The van der Waals surface area contributed by atoms with Crippen molar-refractivity contribution in [2.24, 2.45) is 5.16 Å². The van der Waals surface area contributed by atoms with Crippen LogP contribution in [-0.4, -0.2) is 52.5 Å². The fraction of sp³-hybridized carbons (Fsp3) is 0.435. The van der Waals surface area contributed by atoms with Crippen LogP contribution in [0.5, 0.6) is 0 Å². The van der Waals surface area contributed by atoms with Crippen molar-refractivity contribution in [2.45, 2.75) is 51.4 Å². The van der Waals surface area contributed by atoms with Crippen LogP contribution in [0.1, 0.15) is 48.2 Å². The molecule has 1 fully saturated rings. The molecule has 1 aromatic heterocycles. The zero-order valence-electron chi connectivity index (χ0n) is 17.6. The van der Waals surface area contributed by atoms with Crippen molar-refractivity contribution in [1.29, 1.82) is 0 Å². The minimum absolute atomic E-state index is 0.0507. The predicted octanol–water partition coefficient (Wildman–Crippen LogP) is 2.66. The second-order valence-electron chi connectivity index (χ2n) is 8.47. The van der Waals surface area contributed by atoms with Gasteiger partial charge >= 0.3 is 0 Å². The van der Waals surface area contributed by atoms with Gasteiger partial charge < -0.3 is 15.3 Å². The third kappa shape index (κ3) is 3.82. The number of carbonyl (C=O) groups is 1. The molecule has 1 saturated heterocycles. The molecule has 4 rings (SSSR count). The molecule has 2 aliphatic heterocycles. The molecule has 1 amide bonds. The second kappa shape index (κ2) is 8.16. The number of carbonyl (C=O) groups excluding carboxylic acids is 1. The highest BCUT2D eigenvalue weighted by molar-refractivity contribution is 6.08. The molecule has 3 heterocycles. The monoisotopic (exact) mass is 408 g/mol. The Hall–Kier alpha value is -2.77. The van der Waals surface area contributed by atoms with Crippen LogP contribution in [0.2, 0.25) is 0 Å². The molecule has 2 aliphatic rings. The molecule has 2 N–H and O–H groups in total. The standard InChI is InChI=1S/C23H28N4O3/c1-15-6-4-13-25-21(15)27(18-7-5-12-24-14-18)22(29)17-10-8-16(9-11-17)19-20(28)23(2,3)30-26-19/h4,6,8-11,13,18,20,24,28H,5,7,12,14H2,1-3H3. The van der Waals surface area contributed by atoms with Crippen LogP contribution in [-0.2, 0) is 4.84 Å². The van der Waals surface area contributed by atoms with Crippen LogP contribution in [0, 0.1) is 6.92 Å². The number of rotatable bonds is 4. The highest BCUT2D eigenvalue weighted by atomic mass is 16.7. The normalized spacial score (nSPS) is 22.9. The summed E-state index contributed by atoms with van der Waals surface area (Å²) >= 11 is 0.